The summed E-state index contributed by atoms with van der Waals surface area (Å²) in [6, 6.07) is 6.70. The average Bonchev–Trinajstić information content (AvgIpc) is 3.23. The molecule has 1 saturated carbocycles. The van der Waals surface area contributed by atoms with E-state index in [1.165, 1.54) is 0 Å². The molecule has 2 aliphatic rings. The van der Waals surface area contributed by atoms with E-state index in [0.717, 1.165) is 18.5 Å². The molecule has 4 N–H and O–H groups in total. The van der Waals surface area contributed by atoms with Gasteiger partial charge in [-0.25, -0.2) is 0 Å². The molecule has 2 atom stereocenters. The number of carbonyl (C=O) groups is 2. The summed E-state index contributed by atoms with van der Waals surface area (Å²) < 4.78 is 0. The largest absolute Gasteiger partial charge is 0.392 e. The van der Waals surface area contributed by atoms with Crippen LogP contribution in [0.25, 0.3) is 0 Å². The molecule has 0 bridgehead atoms. The van der Waals surface area contributed by atoms with Gasteiger partial charge in [-0.3, -0.25) is 9.59 Å². The van der Waals surface area contributed by atoms with E-state index in [2.05, 4.69) is 16.0 Å². The Hall–Kier alpha value is -1.92. The first-order valence-electron chi connectivity index (χ1n) is 7.25. The molecule has 1 aromatic rings. The summed E-state index contributed by atoms with van der Waals surface area (Å²) in [4.78, 5) is 23.6. The fourth-order valence-electron chi connectivity index (χ4n) is 2.37. The lowest BCUT2D eigenvalue weighted by Crippen LogP contribution is -2.35. The lowest BCUT2D eigenvalue weighted by atomic mass is 10.2. The van der Waals surface area contributed by atoms with Crippen molar-refractivity contribution in [3.05, 3.63) is 24.3 Å². The number of anilines is 2. The van der Waals surface area contributed by atoms with Gasteiger partial charge in [0.1, 0.15) is 0 Å². The maximum atomic E-state index is 12.0. The van der Waals surface area contributed by atoms with Crippen molar-refractivity contribution in [2.75, 3.05) is 17.2 Å². The minimum atomic E-state index is -0.458. The van der Waals surface area contributed by atoms with Gasteiger partial charge in [-0.05, 0) is 43.5 Å². The van der Waals surface area contributed by atoms with Gasteiger partial charge in [0.25, 0.3) is 0 Å². The van der Waals surface area contributed by atoms with Crippen molar-refractivity contribution in [3.8, 4) is 0 Å². The van der Waals surface area contributed by atoms with Crippen LogP contribution in [-0.4, -0.2) is 35.6 Å². The zero-order valence-electron chi connectivity index (χ0n) is 11.6. The second-order valence-electron chi connectivity index (χ2n) is 5.68. The van der Waals surface area contributed by atoms with Crippen LogP contribution in [0.2, 0.25) is 0 Å². The van der Waals surface area contributed by atoms with Crippen molar-refractivity contribution in [1.29, 1.82) is 0 Å². The van der Waals surface area contributed by atoms with Crippen molar-refractivity contribution in [3.63, 3.8) is 0 Å². The van der Waals surface area contributed by atoms with E-state index >= 15 is 0 Å². The third-order valence-electron chi connectivity index (χ3n) is 3.79. The van der Waals surface area contributed by atoms with Crippen LogP contribution >= 0.6 is 0 Å². The van der Waals surface area contributed by atoms with Crippen LogP contribution in [0.5, 0.6) is 0 Å². The second-order valence-corrected chi connectivity index (χ2v) is 5.68. The molecule has 1 aliphatic heterocycles. The Morgan fingerprint density at radius 3 is 2.10 bits per heavy atom. The van der Waals surface area contributed by atoms with E-state index in [0.29, 0.717) is 18.7 Å². The molecule has 1 heterocycles. The van der Waals surface area contributed by atoms with Crippen molar-refractivity contribution in [2.45, 2.75) is 31.4 Å². The molecule has 2 unspecified atom stereocenters. The smallest absolute Gasteiger partial charge is 0.241 e. The predicted molar refractivity (Wildman–Crippen MR) is 78.8 cm³/mol. The number of benzene rings is 1. The first-order chi connectivity index (χ1) is 10.1. The minimum absolute atomic E-state index is 0.0657. The predicted octanol–water partition coefficient (Wildman–Crippen LogP) is 0.696. The quantitative estimate of drug-likeness (QED) is 0.656. The first kappa shape index (κ1) is 14.0. The molecule has 0 spiro atoms. The average molecular weight is 289 g/mol. The normalized spacial score (nSPS) is 24.6. The summed E-state index contributed by atoms with van der Waals surface area (Å²) in [6.45, 7) is 0.449. The minimum Gasteiger partial charge on any atom is -0.392 e. The number of β-amino-alcohol motifs (C(OH)–C–C–N with tert-alkyl or cyclic N) is 1. The number of aliphatic hydroxyl groups is 1. The van der Waals surface area contributed by atoms with Gasteiger partial charge in [-0.2, -0.15) is 0 Å². The van der Waals surface area contributed by atoms with Gasteiger partial charge in [0.2, 0.25) is 11.8 Å². The first-order valence-corrected chi connectivity index (χ1v) is 7.25. The zero-order valence-corrected chi connectivity index (χ0v) is 11.6. The van der Waals surface area contributed by atoms with Crippen LogP contribution in [0.4, 0.5) is 11.4 Å². The number of amides is 2. The number of rotatable bonds is 4. The summed E-state index contributed by atoms with van der Waals surface area (Å²) in [5, 5.41) is 18.0. The summed E-state index contributed by atoms with van der Waals surface area (Å²) in [6.07, 6.45) is 1.92. The second kappa shape index (κ2) is 5.83. The van der Waals surface area contributed by atoms with Crippen LogP contribution in [-0.2, 0) is 9.59 Å². The lowest BCUT2D eigenvalue weighted by Gasteiger charge is -2.11. The van der Waals surface area contributed by atoms with Crippen LogP contribution in [0.15, 0.2) is 24.3 Å². The van der Waals surface area contributed by atoms with Crippen molar-refractivity contribution in [1.82, 2.24) is 5.32 Å². The van der Waals surface area contributed by atoms with Crippen molar-refractivity contribution in [2.24, 2.45) is 5.92 Å². The van der Waals surface area contributed by atoms with Gasteiger partial charge < -0.3 is 21.1 Å². The van der Waals surface area contributed by atoms with Crippen molar-refractivity contribution < 1.29 is 14.7 Å². The highest BCUT2D eigenvalue weighted by Gasteiger charge is 2.30. The molecule has 2 amide bonds. The molecule has 0 radical (unpaired) electrons. The SMILES string of the molecule is O=C(Nc1ccc(NC(=O)C2CC(O)CN2)cc1)C1CC1. The fourth-order valence-corrected chi connectivity index (χ4v) is 2.37. The Bertz CT molecular complexity index is 540. The summed E-state index contributed by atoms with van der Waals surface area (Å²) in [5.41, 5.74) is 1.41. The van der Waals surface area contributed by atoms with Gasteiger partial charge >= 0.3 is 0 Å². The van der Waals surface area contributed by atoms with Crippen LogP contribution in [0, 0.1) is 5.92 Å². The lowest BCUT2D eigenvalue weighted by molar-refractivity contribution is -0.118. The Morgan fingerprint density at radius 2 is 1.62 bits per heavy atom. The summed E-state index contributed by atoms with van der Waals surface area (Å²) in [7, 11) is 0. The number of carbonyl (C=O) groups excluding carboxylic acids is 2. The van der Waals surface area contributed by atoms with E-state index in [1.807, 2.05) is 0 Å². The third kappa shape index (κ3) is 3.59. The molecule has 112 valence electrons. The number of aliphatic hydroxyl groups excluding tert-OH is 1. The molecular weight excluding hydrogens is 270 g/mol. The molecule has 21 heavy (non-hydrogen) atoms. The van der Waals surface area contributed by atoms with E-state index in [-0.39, 0.29) is 23.8 Å². The maximum Gasteiger partial charge on any atom is 0.241 e. The topological polar surface area (TPSA) is 90.5 Å². The van der Waals surface area contributed by atoms with Crippen LogP contribution < -0.4 is 16.0 Å². The molecule has 2 fully saturated rings. The van der Waals surface area contributed by atoms with E-state index in [4.69, 9.17) is 0 Å². The maximum absolute atomic E-state index is 12.0. The molecule has 1 saturated heterocycles. The summed E-state index contributed by atoms with van der Waals surface area (Å²) in [5.74, 6) is 0.0847. The summed E-state index contributed by atoms with van der Waals surface area (Å²) >= 11 is 0. The van der Waals surface area contributed by atoms with Crippen molar-refractivity contribution >= 4 is 23.2 Å². The number of hydrogen-bond acceptors (Lipinski definition) is 4. The molecule has 1 aliphatic carbocycles. The number of hydrogen-bond donors (Lipinski definition) is 4. The highest BCUT2D eigenvalue weighted by atomic mass is 16.3. The molecule has 6 nitrogen and oxygen atoms in total. The fraction of sp³-hybridized carbons (Fsp3) is 0.467. The highest BCUT2D eigenvalue weighted by molar-refractivity contribution is 5.96. The van der Waals surface area contributed by atoms with Gasteiger partial charge in [0.05, 0.1) is 12.1 Å². The zero-order chi connectivity index (χ0) is 14.8. The monoisotopic (exact) mass is 289 g/mol. The van der Waals surface area contributed by atoms with E-state index in [9.17, 15) is 14.7 Å². The Labute approximate surface area is 122 Å². The molecular formula is C15H19N3O3. The van der Waals surface area contributed by atoms with E-state index < -0.39 is 6.10 Å². The molecule has 1 aromatic carbocycles. The highest BCUT2D eigenvalue weighted by Crippen LogP contribution is 2.30. The Balaban J connectivity index is 1.54. The number of nitrogens with one attached hydrogen (secondary N) is 3. The van der Waals surface area contributed by atoms with Gasteiger partial charge in [-0.15, -0.1) is 0 Å². The molecule has 0 aromatic heterocycles. The molecule has 3 rings (SSSR count). The van der Waals surface area contributed by atoms with Gasteiger partial charge in [-0.1, -0.05) is 0 Å². The van der Waals surface area contributed by atoms with Crippen LogP contribution in [0.1, 0.15) is 19.3 Å². The Kier molecular flexibility index (Phi) is 3.90. The van der Waals surface area contributed by atoms with Crippen LogP contribution in [0.3, 0.4) is 0 Å². The standard InChI is InChI=1S/C15H19N3O3/c19-12-7-13(16-8-12)15(21)18-11-5-3-10(4-6-11)17-14(20)9-1-2-9/h3-6,9,12-13,16,19H,1-2,7-8H2,(H,17,20)(H,18,21). The van der Waals surface area contributed by atoms with Gasteiger partial charge in [0, 0.05) is 23.8 Å². The molecule has 6 heteroatoms. The van der Waals surface area contributed by atoms with E-state index in [1.54, 1.807) is 24.3 Å². The van der Waals surface area contributed by atoms with Gasteiger partial charge in [0.15, 0.2) is 0 Å². The third-order valence-corrected chi connectivity index (χ3v) is 3.79. The Morgan fingerprint density at radius 1 is 1.05 bits per heavy atom.